The van der Waals surface area contributed by atoms with Crippen molar-refractivity contribution in [2.75, 3.05) is 5.32 Å². The van der Waals surface area contributed by atoms with Gasteiger partial charge in [0.2, 0.25) is 0 Å². The lowest BCUT2D eigenvalue weighted by atomic mass is 9.85. The third-order valence-electron chi connectivity index (χ3n) is 6.09. The van der Waals surface area contributed by atoms with Gasteiger partial charge in [0.05, 0.1) is 17.4 Å². The van der Waals surface area contributed by atoms with Crippen LogP contribution in [0.25, 0.3) is 11.3 Å². The summed E-state index contributed by atoms with van der Waals surface area (Å²) in [5, 5.41) is 14.3. The third-order valence-corrected chi connectivity index (χ3v) is 6.09. The molecule has 170 valence electrons. The van der Waals surface area contributed by atoms with Gasteiger partial charge in [0, 0.05) is 11.3 Å². The van der Waals surface area contributed by atoms with E-state index >= 15 is 0 Å². The van der Waals surface area contributed by atoms with Crippen LogP contribution in [0.4, 0.5) is 5.69 Å². The lowest BCUT2D eigenvalue weighted by Crippen LogP contribution is -2.13. The third kappa shape index (κ3) is 5.15. The number of phenolic OH excluding ortho intramolecular Hbond substituents is 1. The Hall–Kier alpha value is -2.81. The normalized spacial score (nSPS) is 12.9. The Morgan fingerprint density at radius 1 is 0.812 bits per heavy atom. The summed E-state index contributed by atoms with van der Waals surface area (Å²) in [5.41, 5.74) is 7.58. The second-order valence-corrected chi connectivity index (χ2v) is 10.4. The molecule has 32 heavy (non-hydrogen) atoms. The Morgan fingerprint density at radius 3 is 1.97 bits per heavy atom. The summed E-state index contributed by atoms with van der Waals surface area (Å²) in [5.74, 6) is 1.12. The number of para-hydroxylation sites is 1. The molecule has 3 aromatic rings. The molecule has 0 spiro atoms. The Morgan fingerprint density at radius 2 is 1.41 bits per heavy atom. The first-order valence-electron chi connectivity index (χ1n) is 11.7. The molecule has 3 nitrogen and oxygen atoms in total. The molecule has 3 heteroatoms. The molecule has 2 N–H and O–H groups in total. The van der Waals surface area contributed by atoms with Crippen molar-refractivity contribution < 1.29 is 5.11 Å². The number of nitrogens with one attached hydrogen (secondary N) is 1. The van der Waals surface area contributed by atoms with Crippen molar-refractivity contribution in [3.05, 3.63) is 77.0 Å². The van der Waals surface area contributed by atoms with Crippen LogP contribution in [0.15, 0.2) is 54.6 Å². The Labute approximate surface area is 193 Å². The Kier molecular flexibility index (Phi) is 6.97. The van der Waals surface area contributed by atoms with Crippen LogP contribution in [0, 0.1) is 0 Å². The number of anilines is 1. The van der Waals surface area contributed by atoms with Crippen LogP contribution in [0.5, 0.6) is 5.75 Å². The highest BCUT2D eigenvalue weighted by molar-refractivity contribution is 5.68. The minimum Gasteiger partial charge on any atom is -0.507 e. The zero-order chi connectivity index (χ0) is 23.6. The van der Waals surface area contributed by atoms with E-state index in [1.165, 1.54) is 22.4 Å². The van der Waals surface area contributed by atoms with Gasteiger partial charge in [-0.25, -0.2) is 0 Å². The van der Waals surface area contributed by atoms with Crippen molar-refractivity contribution in [1.82, 2.24) is 4.98 Å². The molecule has 0 radical (unpaired) electrons. The molecule has 0 aliphatic carbocycles. The largest absolute Gasteiger partial charge is 0.507 e. The molecule has 3 rings (SSSR count). The van der Waals surface area contributed by atoms with Gasteiger partial charge in [-0.1, -0.05) is 78.8 Å². The highest BCUT2D eigenvalue weighted by Gasteiger charge is 2.19. The minimum absolute atomic E-state index is 0.00269. The van der Waals surface area contributed by atoms with Gasteiger partial charge in [0.25, 0.3) is 0 Å². The fraction of sp³-hybridized carbons (Fsp3) is 0.414. The highest BCUT2D eigenvalue weighted by atomic mass is 16.3. The molecule has 0 aliphatic rings. The maximum Gasteiger partial charge on any atom is 0.124 e. The number of aromatic hydroxyl groups is 1. The maximum atomic E-state index is 10.6. The summed E-state index contributed by atoms with van der Waals surface area (Å²) in [6, 6.07) is 18.5. The van der Waals surface area contributed by atoms with Gasteiger partial charge in [0.1, 0.15) is 5.75 Å². The molecule has 0 fully saturated rings. The predicted molar refractivity (Wildman–Crippen MR) is 137 cm³/mol. The van der Waals surface area contributed by atoms with Crippen LogP contribution >= 0.6 is 0 Å². The lowest BCUT2D eigenvalue weighted by Gasteiger charge is -2.24. The average molecular weight is 431 g/mol. The van der Waals surface area contributed by atoms with Crippen molar-refractivity contribution in [3.8, 4) is 17.0 Å². The van der Waals surface area contributed by atoms with Gasteiger partial charge >= 0.3 is 0 Å². The van der Waals surface area contributed by atoms with Gasteiger partial charge < -0.3 is 10.4 Å². The van der Waals surface area contributed by atoms with E-state index in [1.54, 1.807) is 6.07 Å². The maximum absolute atomic E-state index is 10.6. The SMILES string of the molecule is CC(C)c1cccc(C(C)C)c1N[C@H](C)c1cccc(-c2cc(C(C)(C)C)ccc2O)n1. The lowest BCUT2D eigenvalue weighted by molar-refractivity contribution is 0.476. The molecule has 1 heterocycles. The molecular weight excluding hydrogens is 392 g/mol. The van der Waals surface area contributed by atoms with Crippen LogP contribution in [0.3, 0.4) is 0 Å². The van der Waals surface area contributed by atoms with Crippen LogP contribution in [-0.4, -0.2) is 10.1 Å². The molecular formula is C29H38N2O. The van der Waals surface area contributed by atoms with Gasteiger partial charge in [-0.05, 0) is 65.1 Å². The van der Waals surface area contributed by atoms with E-state index in [0.717, 1.165) is 17.0 Å². The van der Waals surface area contributed by atoms with E-state index in [2.05, 4.69) is 91.0 Å². The van der Waals surface area contributed by atoms with E-state index < -0.39 is 0 Å². The summed E-state index contributed by atoms with van der Waals surface area (Å²) in [6.07, 6.45) is 0. The number of phenols is 1. The van der Waals surface area contributed by atoms with E-state index in [0.29, 0.717) is 11.8 Å². The van der Waals surface area contributed by atoms with Crippen molar-refractivity contribution in [2.24, 2.45) is 0 Å². The van der Waals surface area contributed by atoms with Crippen molar-refractivity contribution in [3.63, 3.8) is 0 Å². The fourth-order valence-electron chi connectivity index (χ4n) is 4.06. The topological polar surface area (TPSA) is 45.1 Å². The van der Waals surface area contributed by atoms with Gasteiger partial charge in [-0.2, -0.15) is 0 Å². The van der Waals surface area contributed by atoms with E-state index in [9.17, 15) is 5.11 Å². The van der Waals surface area contributed by atoms with Crippen molar-refractivity contribution in [1.29, 1.82) is 0 Å². The summed E-state index contributed by atoms with van der Waals surface area (Å²) >= 11 is 0. The molecule has 0 saturated heterocycles. The van der Waals surface area contributed by atoms with Crippen LogP contribution in [0.2, 0.25) is 0 Å². The number of hydrogen-bond acceptors (Lipinski definition) is 3. The van der Waals surface area contributed by atoms with Crippen LogP contribution in [0.1, 0.15) is 95.7 Å². The van der Waals surface area contributed by atoms with Gasteiger partial charge in [-0.3, -0.25) is 4.98 Å². The summed E-state index contributed by atoms with van der Waals surface area (Å²) < 4.78 is 0. The number of aromatic nitrogens is 1. The van der Waals surface area contributed by atoms with E-state index in [-0.39, 0.29) is 17.2 Å². The summed E-state index contributed by atoms with van der Waals surface area (Å²) in [6.45, 7) is 17.6. The van der Waals surface area contributed by atoms with E-state index in [4.69, 9.17) is 4.98 Å². The number of rotatable bonds is 6. The van der Waals surface area contributed by atoms with Crippen LogP contribution in [-0.2, 0) is 5.41 Å². The number of nitrogens with zero attached hydrogens (tertiary/aromatic N) is 1. The predicted octanol–water partition coefficient (Wildman–Crippen LogP) is 8.17. The first kappa shape index (κ1) is 23.8. The standard InChI is InChI=1S/C29H38N2O/c1-18(2)22-11-9-12-23(19(3)4)28(22)30-20(5)25-13-10-14-26(31-25)24-17-21(29(6,7)8)15-16-27(24)32/h9-20,30,32H,1-8H3/t20-/m1/s1. The van der Waals surface area contributed by atoms with Gasteiger partial charge in [0.15, 0.2) is 0 Å². The molecule has 0 saturated carbocycles. The monoisotopic (exact) mass is 430 g/mol. The van der Waals surface area contributed by atoms with Crippen molar-refractivity contribution >= 4 is 5.69 Å². The zero-order valence-electron chi connectivity index (χ0n) is 20.8. The van der Waals surface area contributed by atoms with Crippen LogP contribution < -0.4 is 5.32 Å². The number of pyridine rings is 1. The Bertz CT molecular complexity index is 1050. The molecule has 0 aliphatic heterocycles. The second-order valence-electron chi connectivity index (χ2n) is 10.4. The van der Waals surface area contributed by atoms with Crippen molar-refractivity contribution in [2.45, 2.75) is 78.7 Å². The molecule has 1 aromatic heterocycles. The quantitative estimate of drug-likeness (QED) is 0.414. The minimum atomic E-state index is 0.00269. The molecule has 1 atom stereocenters. The Balaban J connectivity index is 1.99. The van der Waals surface area contributed by atoms with E-state index in [1.807, 2.05) is 18.2 Å². The number of hydrogen-bond donors (Lipinski definition) is 2. The zero-order valence-corrected chi connectivity index (χ0v) is 20.8. The molecule has 0 bridgehead atoms. The average Bonchev–Trinajstić information content (AvgIpc) is 2.73. The first-order chi connectivity index (χ1) is 15.0. The summed E-state index contributed by atoms with van der Waals surface area (Å²) in [4.78, 5) is 4.95. The smallest absolute Gasteiger partial charge is 0.124 e. The highest BCUT2D eigenvalue weighted by Crippen LogP contribution is 2.36. The summed E-state index contributed by atoms with van der Waals surface area (Å²) in [7, 11) is 0. The fourth-order valence-corrected chi connectivity index (χ4v) is 4.06. The number of benzene rings is 2. The first-order valence-corrected chi connectivity index (χ1v) is 11.7. The van der Waals surface area contributed by atoms with Gasteiger partial charge in [-0.15, -0.1) is 0 Å². The molecule has 0 unspecified atom stereocenters. The molecule has 0 amide bonds. The second kappa shape index (κ2) is 9.36. The molecule has 2 aromatic carbocycles.